The predicted octanol–water partition coefficient (Wildman–Crippen LogP) is 4.72. The van der Waals surface area contributed by atoms with Crippen LogP contribution in [0.5, 0.6) is 0 Å². The smallest absolute Gasteiger partial charge is 0.222 e. The van der Waals surface area contributed by atoms with Gasteiger partial charge in [0.25, 0.3) is 0 Å². The molecular formula is C36H68N2O9. The molecule has 0 aromatic rings. The summed E-state index contributed by atoms with van der Waals surface area (Å²) < 4.78 is 29.1. The first-order valence-electron chi connectivity index (χ1n) is 17.0. The van der Waals surface area contributed by atoms with E-state index in [2.05, 4.69) is 31.4 Å². The minimum atomic E-state index is -1.12. The second kappa shape index (κ2) is 21.4. The normalized spacial score (nSPS) is 13.1. The third-order valence-electron chi connectivity index (χ3n) is 7.22. The van der Waals surface area contributed by atoms with Crippen LogP contribution in [-0.4, -0.2) is 107 Å². The Morgan fingerprint density at radius 3 is 1.13 bits per heavy atom. The van der Waals surface area contributed by atoms with Crippen LogP contribution in [0.2, 0.25) is 0 Å². The fourth-order valence-electron chi connectivity index (χ4n) is 4.00. The van der Waals surface area contributed by atoms with Crippen molar-refractivity contribution in [2.75, 3.05) is 72.6 Å². The molecule has 0 unspecified atom stereocenters. The maximum absolute atomic E-state index is 13.2. The van der Waals surface area contributed by atoms with Crippen molar-refractivity contribution in [1.29, 1.82) is 0 Å². The Bertz CT molecular complexity index is 854. The fraction of sp³-hybridized carbons (Fsp3) is 0.889. The van der Waals surface area contributed by atoms with Gasteiger partial charge in [-0.1, -0.05) is 62.3 Å². The molecule has 0 spiro atoms. The largest absolute Gasteiger partial charge is 0.379 e. The van der Waals surface area contributed by atoms with Crippen LogP contribution in [0.25, 0.3) is 0 Å². The lowest BCUT2D eigenvalue weighted by Gasteiger charge is -2.34. The average molecular weight is 673 g/mol. The van der Waals surface area contributed by atoms with Gasteiger partial charge in [0.2, 0.25) is 5.91 Å². The lowest BCUT2D eigenvalue weighted by atomic mass is 9.89. The Labute approximate surface area is 285 Å². The third kappa shape index (κ3) is 23.3. The van der Waals surface area contributed by atoms with Crippen molar-refractivity contribution in [2.45, 2.75) is 120 Å². The van der Waals surface area contributed by atoms with E-state index < -0.39 is 21.8 Å². The number of Topliss-reactive ketones (excluding diaryl/α,β-unsaturated/α-hetero) is 3. The van der Waals surface area contributed by atoms with Crippen molar-refractivity contribution in [1.82, 2.24) is 10.6 Å². The molecule has 0 radical (unpaired) electrons. The summed E-state index contributed by atoms with van der Waals surface area (Å²) in [6.07, 6.45) is 0.744. The Hall–Kier alpha value is -1.76. The van der Waals surface area contributed by atoms with Gasteiger partial charge in [-0.15, -0.1) is 0 Å². The molecule has 0 aromatic carbocycles. The molecule has 11 heteroatoms. The van der Waals surface area contributed by atoms with Crippen LogP contribution in [-0.2, 0) is 42.9 Å². The molecular weight excluding hydrogens is 604 g/mol. The van der Waals surface area contributed by atoms with E-state index in [0.29, 0.717) is 19.8 Å². The topological polar surface area (TPSA) is 138 Å². The van der Waals surface area contributed by atoms with Crippen LogP contribution in [0.3, 0.4) is 0 Å². The van der Waals surface area contributed by atoms with Crippen LogP contribution in [0, 0.1) is 16.2 Å². The summed E-state index contributed by atoms with van der Waals surface area (Å²) in [5, 5.41) is 6.38. The molecule has 0 fully saturated rings. The Kier molecular flexibility index (Phi) is 20.6. The molecule has 0 bridgehead atoms. The van der Waals surface area contributed by atoms with E-state index >= 15 is 0 Å². The second-order valence-corrected chi connectivity index (χ2v) is 16.4. The molecule has 11 nitrogen and oxygen atoms in total. The van der Waals surface area contributed by atoms with Gasteiger partial charge in [0.1, 0.15) is 22.9 Å². The van der Waals surface area contributed by atoms with Gasteiger partial charge in [0.15, 0.2) is 0 Å². The number of ether oxygens (including phenoxy) is 5. The van der Waals surface area contributed by atoms with E-state index in [1.54, 1.807) is 0 Å². The quantitative estimate of drug-likeness (QED) is 0.131. The lowest BCUT2D eigenvalue weighted by Crippen LogP contribution is -2.59. The minimum Gasteiger partial charge on any atom is -0.379 e. The number of hydrogen-bond acceptors (Lipinski definition) is 10. The predicted molar refractivity (Wildman–Crippen MR) is 185 cm³/mol. The summed E-state index contributed by atoms with van der Waals surface area (Å²) in [7, 11) is 0. The van der Waals surface area contributed by atoms with Crippen molar-refractivity contribution >= 4 is 23.3 Å². The number of amides is 1. The molecule has 276 valence electrons. The van der Waals surface area contributed by atoms with Crippen molar-refractivity contribution in [3.8, 4) is 0 Å². The summed E-state index contributed by atoms with van der Waals surface area (Å²) in [5.74, 6) is -0.105. The van der Waals surface area contributed by atoms with E-state index in [1.165, 1.54) is 0 Å². The van der Waals surface area contributed by atoms with E-state index in [-0.39, 0.29) is 101 Å². The summed E-state index contributed by atoms with van der Waals surface area (Å²) in [5.41, 5.74) is -2.57. The van der Waals surface area contributed by atoms with E-state index in [9.17, 15) is 19.2 Å². The van der Waals surface area contributed by atoms with Crippen LogP contribution in [0.1, 0.15) is 109 Å². The molecule has 0 rings (SSSR count). The number of carbonyl (C=O) groups excluding carboxylic acids is 4. The van der Waals surface area contributed by atoms with Gasteiger partial charge in [0, 0.05) is 54.0 Å². The lowest BCUT2D eigenvalue weighted by molar-refractivity contribution is -0.133. The summed E-state index contributed by atoms with van der Waals surface area (Å²) in [6.45, 7) is 25.8. The summed E-state index contributed by atoms with van der Waals surface area (Å²) >= 11 is 0. The Morgan fingerprint density at radius 2 is 0.787 bits per heavy atom. The molecule has 0 aliphatic carbocycles. The van der Waals surface area contributed by atoms with Crippen LogP contribution >= 0.6 is 0 Å². The van der Waals surface area contributed by atoms with Crippen LogP contribution < -0.4 is 10.6 Å². The van der Waals surface area contributed by atoms with E-state index in [0.717, 1.165) is 6.54 Å². The second-order valence-electron chi connectivity index (χ2n) is 16.4. The number of hydrogen-bond donors (Lipinski definition) is 2. The zero-order valence-corrected chi connectivity index (χ0v) is 31.8. The Morgan fingerprint density at radius 1 is 0.447 bits per heavy atom. The van der Waals surface area contributed by atoms with Gasteiger partial charge in [-0.25, -0.2) is 0 Å². The number of nitrogens with one attached hydrogen (secondary N) is 2. The van der Waals surface area contributed by atoms with Gasteiger partial charge in [-0.05, 0) is 20.8 Å². The molecule has 1 amide bonds. The van der Waals surface area contributed by atoms with Crippen molar-refractivity contribution in [3.05, 3.63) is 0 Å². The zero-order valence-electron chi connectivity index (χ0n) is 31.8. The van der Waals surface area contributed by atoms with Gasteiger partial charge in [-0.2, -0.15) is 0 Å². The average Bonchev–Trinajstić information content (AvgIpc) is 2.92. The molecule has 0 heterocycles. The molecule has 0 saturated heterocycles. The van der Waals surface area contributed by atoms with Gasteiger partial charge >= 0.3 is 0 Å². The SMILES string of the molecule is CC(C)(C)NCCOCCOCCC(=O)NC(COCCC(=O)C(C)(C)C)(COCCC(=O)C(C)(C)C)COCCC(=O)C(C)(C)C. The number of carbonyl (C=O) groups is 4. The monoisotopic (exact) mass is 672 g/mol. The maximum atomic E-state index is 13.2. The fourth-order valence-corrected chi connectivity index (χ4v) is 4.00. The van der Waals surface area contributed by atoms with Gasteiger partial charge < -0.3 is 34.3 Å². The molecule has 0 atom stereocenters. The third-order valence-corrected chi connectivity index (χ3v) is 7.22. The van der Waals surface area contributed by atoms with Crippen LogP contribution in [0.15, 0.2) is 0 Å². The summed E-state index contributed by atoms with van der Waals surface area (Å²) in [4.78, 5) is 50.6. The van der Waals surface area contributed by atoms with Crippen molar-refractivity contribution < 1.29 is 42.9 Å². The molecule has 0 saturated carbocycles. The number of ketones is 3. The molecule has 0 aromatic heterocycles. The van der Waals surface area contributed by atoms with Crippen molar-refractivity contribution in [2.24, 2.45) is 16.2 Å². The zero-order chi connectivity index (χ0) is 36.4. The highest BCUT2D eigenvalue weighted by atomic mass is 16.5. The Balaban J connectivity index is 5.43. The summed E-state index contributed by atoms with van der Waals surface area (Å²) in [6, 6.07) is 0. The molecule has 47 heavy (non-hydrogen) atoms. The van der Waals surface area contributed by atoms with E-state index in [1.807, 2.05) is 62.3 Å². The minimum absolute atomic E-state index is 0.00783. The highest BCUT2D eigenvalue weighted by Gasteiger charge is 2.34. The van der Waals surface area contributed by atoms with Gasteiger partial charge in [-0.3, -0.25) is 19.2 Å². The highest BCUT2D eigenvalue weighted by molar-refractivity contribution is 5.84. The first-order valence-corrected chi connectivity index (χ1v) is 17.0. The first kappa shape index (κ1) is 45.2. The number of rotatable bonds is 25. The molecule has 2 N–H and O–H groups in total. The van der Waals surface area contributed by atoms with Gasteiger partial charge in [0.05, 0.1) is 66.1 Å². The highest BCUT2D eigenvalue weighted by Crippen LogP contribution is 2.20. The van der Waals surface area contributed by atoms with Crippen molar-refractivity contribution in [3.63, 3.8) is 0 Å². The van der Waals surface area contributed by atoms with E-state index in [4.69, 9.17) is 23.7 Å². The maximum Gasteiger partial charge on any atom is 0.222 e. The molecule has 0 aliphatic rings. The first-order chi connectivity index (χ1) is 21.5. The standard InChI is InChI=1S/C36H68N2O9/c1-32(2,3)28(39)13-18-45-25-36(26-46-19-14-29(40)33(4,5)6,27-47-20-15-30(41)34(7,8)9)38-31(42)16-21-43-23-24-44-22-17-37-35(10,11)12/h37H,13-27H2,1-12H3,(H,38,42). The molecule has 0 aliphatic heterocycles. The van der Waals surface area contributed by atoms with Crippen LogP contribution in [0.4, 0.5) is 0 Å².